The smallest absolute Gasteiger partial charge is 0.165 e. The highest BCUT2D eigenvalue weighted by Gasteiger charge is 2.28. The Labute approximate surface area is 259 Å². The minimum absolute atomic E-state index is 0.833. The molecule has 45 heavy (non-hydrogen) atoms. The van der Waals surface area contributed by atoms with Crippen molar-refractivity contribution in [1.29, 1.82) is 0 Å². The minimum atomic E-state index is 0.833. The van der Waals surface area contributed by atoms with Crippen LogP contribution in [0.3, 0.4) is 0 Å². The van der Waals surface area contributed by atoms with Crippen LogP contribution in [0.5, 0.6) is 0 Å². The molecule has 9 aromatic rings. The van der Waals surface area contributed by atoms with Crippen LogP contribution >= 0.6 is 0 Å². The highest BCUT2D eigenvalue weighted by atomic mass is 15.1. The molecule has 0 unspecified atom stereocenters. The maximum atomic E-state index is 5.42. The van der Waals surface area contributed by atoms with Gasteiger partial charge in [-0.3, -0.25) is 4.57 Å². The molecule has 3 nitrogen and oxygen atoms in total. The van der Waals surface area contributed by atoms with Gasteiger partial charge in [0.1, 0.15) is 5.69 Å². The fourth-order valence-corrected chi connectivity index (χ4v) is 7.43. The third-order valence-corrected chi connectivity index (χ3v) is 9.30. The van der Waals surface area contributed by atoms with Crippen molar-refractivity contribution in [2.75, 3.05) is 0 Å². The van der Waals surface area contributed by atoms with E-state index in [0.717, 1.165) is 39.1 Å². The molecule has 0 bridgehead atoms. The summed E-state index contributed by atoms with van der Waals surface area (Å²) in [5, 5.41) is 5.03. The molecule has 208 valence electrons. The van der Waals surface area contributed by atoms with E-state index in [1.165, 1.54) is 54.9 Å². The lowest BCUT2D eigenvalue weighted by Crippen LogP contribution is -2.04. The van der Waals surface area contributed by atoms with E-state index in [1.807, 2.05) is 18.2 Å². The first-order chi connectivity index (χ1) is 22.3. The van der Waals surface area contributed by atoms with Gasteiger partial charge in [0.15, 0.2) is 5.82 Å². The molecule has 0 amide bonds. The molecule has 10 rings (SSSR count). The summed E-state index contributed by atoms with van der Waals surface area (Å²) in [7, 11) is 0. The van der Waals surface area contributed by atoms with Crippen molar-refractivity contribution in [2.45, 2.75) is 0 Å². The quantitative estimate of drug-likeness (QED) is 0.211. The Hall–Kier alpha value is -6.06. The largest absolute Gasteiger partial charge is 0.291 e. The molecule has 0 saturated carbocycles. The van der Waals surface area contributed by atoms with Crippen molar-refractivity contribution in [3.05, 3.63) is 152 Å². The summed E-state index contributed by atoms with van der Waals surface area (Å²) in [6.07, 6.45) is 0. The predicted molar refractivity (Wildman–Crippen MR) is 187 cm³/mol. The summed E-state index contributed by atoms with van der Waals surface area (Å²) in [6, 6.07) is 54.1. The van der Waals surface area contributed by atoms with E-state index in [-0.39, 0.29) is 0 Å². The van der Waals surface area contributed by atoms with E-state index >= 15 is 0 Å². The second kappa shape index (κ2) is 9.22. The Balaban J connectivity index is 1.50. The predicted octanol–water partition coefficient (Wildman–Crippen LogP) is 10.9. The first kappa shape index (κ1) is 24.4. The number of aromatic nitrogens is 3. The molecule has 1 aliphatic rings. The molecule has 2 aromatic heterocycles. The number of para-hydroxylation sites is 2. The molecule has 7 aromatic carbocycles. The Bertz CT molecular complexity index is 2630. The first-order valence-electron chi connectivity index (χ1n) is 15.4. The van der Waals surface area contributed by atoms with Crippen LogP contribution in [0.15, 0.2) is 152 Å². The highest BCUT2D eigenvalue weighted by Crippen LogP contribution is 2.52. The Morgan fingerprint density at radius 2 is 0.978 bits per heavy atom. The molecule has 0 saturated heterocycles. The van der Waals surface area contributed by atoms with Crippen molar-refractivity contribution in [3.8, 4) is 50.5 Å². The van der Waals surface area contributed by atoms with Crippen LogP contribution in [-0.2, 0) is 0 Å². The minimum Gasteiger partial charge on any atom is -0.291 e. The Morgan fingerprint density at radius 3 is 1.71 bits per heavy atom. The van der Waals surface area contributed by atoms with Gasteiger partial charge >= 0.3 is 0 Å². The standard InChI is InChI=1S/C42H25N3/c1-3-13-26(14-4-1)33-25-28-17-11-20-31-29-18-7-8-19-30(29)32-21-12-24-36-38(32)39(37(28)31)41(33)45(36)42-40(27-15-5-2-6-16-27)43-34-22-9-10-23-35(34)44-42/h1-25H. The zero-order valence-electron chi connectivity index (χ0n) is 24.3. The summed E-state index contributed by atoms with van der Waals surface area (Å²) in [5.74, 6) is 0.833. The lowest BCUT2D eigenvalue weighted by Gasteiger charge is -2.18. The van der Waals surface area contributed by atoms with E-state index in [0.29, 0.717) is 0 Å². The molecule has 0 fully saturated rings. The molecule has 0 spiro atoms. The van der Waals surface area contributed by atoms with Gasteiger partial charge in [-0.15, -0.1) is 0 Å². The highest BCUT2D eigenvalue weighted by molar-refractivity contribution is 6.32. The van der Waals surface area contributed by atoms with Gasteiger partial charge in [0.2, 0.25) is 0 Å². The maximum Gasteiger partial charge on any atom is 0.165 e. The van der Waals surface area contributed by atoms with E-state index < -0.39 is 0 Å². The van der Waals surface area contributed by atoms with Gasteiger partial charge in [-0.25, -0.2) is 9.97 Å². The lowest BCUT2D eigenvalue weighted by molar-refractivity contribution is 1.08. The fourth-order valence-electron chi connectivity index (χ4n) is 7.43. The van der Waals surface area contributed by atoms with Crippen LogP contribution in [0.1, 0.15) is 0 Å². The van der Waals surface area contributed by atoms with Gasteiger partial charge in [-0.2, -0.15) is 0 Å². The van der Waals surface area contributed by atoms with Gasteiger partial charge in [-0.05, 0) is 62.9 Å². The summed E-state index contributed by atoms with van der Waals surface area (Å²) < 4.78 is 2.39. The number of rotatable bonds is 3. The summed E-state index contributed by atoms with van der Waals surface area (Å²) in [5.41, 5.74) is 13.3. The van der Waals surface area contributed by atoms with Crippen molar-refractivity contribution < 1.29 is 0 Å². The molecular weight excluding hydrogens is 546 g/mol. The molecule has 2 heterocycles. The van der Waals surface area contributed by atoms with Crippen molar-refractivity contribution in [1.82, 2.24) is 14.5 Å². The molecule has 0 atom stereocenters. The SMILES string of the molecule is c1ccc(-c2nc3ccccc3nc2-n2c3cccc4c3c3c5c(cccc5cc(-c5ccccc5)c32)-c2ccccc2-4)cc1. The van der Waals surface area contributed by atoms with Crippen molar-refractivity contribution in [2.24, 2.45) is 0 Å². The number of nitrogens with zero attached hydrogens (tertiary/aromatic N) is 3. The van der Waals surface area contributed by atoms with Gasteiger partial charge < -0.3 is 0 Å². The number of benzene rings is 7. The summed E-state index contributed by atoms with van der Waals surface area (Å²) in [6.45, 7) is 0. The topological polar surface area (TPSA) is 30.7 Å². The molecule has 1 aliphatic carbocycles. The molecule has 0 aliphatic heterocycles. The first-order valence-corrected chi connectivity index (χ1v) is 15.4. The van der Waals surface area contributed by atoms with E-state index in [2.05, 4.69) is 138 Å². The third-order valence-electron chi connectivity index (χ3n) is 9.30. The summed E-state index contributed by atoms with van der Waals surface area (Å²) in [4.78, 5) is 10.7. The average Bonchev–Trinajstić information content (AvgIpc) is 3.40. The van der Waals surface area contributed by atoms with Crippen LogP contribution in [0.2, 0.25) is 0 Å². The van der Waals surface area contributed by atoms with Gasteiger partial charge in [-0.1, -0.05) is 127 Å². The monoisotopic (exact) mass is 571 g/mol. The van der Waals surface area contributed by atoms with Crippen molar-refractivity contribution >= 4 is 43.6 Å². The van der Waals surface area contributed by atoms with E-state index in [1.54, 1.807) is 0 Å². The fraction of sp³-hybridized carbons (Fsp3) is 0. The number of hydrogen-bond donors (Lipinski definition) is 0. The number of fused-ring (bicyclic) bond motifs is 4. The van der Waals surface area contributed by atoms with Gasteiger partial charge in [0.05, 0.1) is 22.1 Å². The zero-order valence-corrected chi connectivity index (χ0v) is 24.3. The Morgan fingerprint density at radius 1 is 0.400 bits per heavy atom. The molecule has 0 N–H and O–H groups in total. The van der Waals surface area contributed by atoms with E-state index in [4.69, 9.17) is 9.97 Å². The normalized spacial score (nSPS) is 12.0. The molecule has 0 radical (unpaired) electrons. The Kier molecular flexibility index (Phi) is 5.00. The molecule has 3 heteroatoms. The maximum absolute atomic E-state index is 5.42. The average molecular weight is 572 g/mol. The van der Waals surface area contributed by atoms with Gasteiger partial charge in [0.25, 0.3) is 0 Å². The third kappa shape index (κ3) is 3.41. The van der Waals surface area contributed by atoms with Crippen LogP contribution in [0.25, 0.3) is 94.1 Å². The number of hydrogen-bond acceptors (Lipinski definition) is 2. The van der Waals surface area contributed by atoms with Gasteiger partial charge in [0, 0.05) is 21.9 Å². The van der Waals surface area contributed by atoms with Crippen LogP contribution in [0.4, 0.5) is 0 Å². The zero-order chi connectivity index (χ0) is 29.5. The second-order valence-electron chi connectivity index (χ2n) is 11.7. The van der Waals surface area contributed by atoms with E-state index in [9.17, 15) is 0 Å². The molecular formula is C42H25N3. The lowest BCUT2D eigenvalue weighted by atomic mass is 9.91. The van der Waals surface area contributed by atoms with Crippen LogP contribution in [-0.4, -0.2) is 14.5 Å². The summed E-state index contributed by atoms with van der Waals surface area (Å²) >= 11 is 0. The second-order valence-corrected chi connectivity index (χ2v) is 11.7. The van der Waals surface area contributed by atoms with Crippen LogP contribution < -0.4 is 0 Å². The van der Waals surface area contributed by atoms with Crippen LogP contribution in [0, 0.1) is 0 Å². The van der Waals surface area contributed by atoms with Crippen molar-refractivity contribution in [3.63, 3.8) is 0 Å².